The summed E-state index contributed by atoms with van der Waals surface area (Å²) in [5.41, 5.74) is 0.638. The Morgan fingerprint density at radius 2 is 2.29 bits per heavy atom. The number of halogens is 1. The van der Waals surface area contributed by atoms with Crippen molar-refractivity contribution in [2.24, 2.45) is 0 Å². The van der Waals surface area contributed by atoms with Gasteiger partial charge in [-0.1, -0.05) is 0 Å². The summed E-state index contributed by atoms with van der Waals surface area (Å²) in [7, 11) is 2.13. The normalized spacial score (nSPS) is 14.7. The first kappa shape index (κ1) is 12.4. The quantitative estimate of drug-likeness (QED) is 0.838. The van der Waals surface area contributed by atoms with Crippen LogP contribution in [0, 0.1) is 11.3 Å². The number of hydrogen-bond acceptors (Lipinski definition) is 3. The van der Waals surface area contributed by atoms with E-state index in [0.717, 1.165) is 22.8 Å². The number of benzene rings is 1. The molecule has 0 heterocycles. The molecule has 0 amide bonds. The van der Waals surface area contributed by atoms with Gasteiger partial charge in [0.2, 0.25) is 0 Å². The number of rotatable bonds is 5. The fourth-order valence-corrected chi connectivity index (χ4v) is 2.18. The number of hydrogen-bond donors (Lipinski definition) is 0. The van der Waals surface area contributed by atoms with E-state index < -0.39 is 0 Å². The minimum absolute atomic E-state index is 0.638. The second kappa shape index (κ2) is 5.52. The van der Waals surface area contributed by atoms with Gasteiger partial charge in [-0.15, -0.1) is 0 Å². The first-order valence-electron chi connectivity index (χ1n) is 5.73. The predicted octanol–water partition coefficient (Wildman–Crippen LogP) is 2.79. The van der Waals surface area contributed by atoms with Crippen LogP contribution in [0.2, 0.25) is 0 Å². The lowest BCUT2D eigenvalue weighted by Crippen LogP contribution is -2.26. The second-order valence-electron chi connectivity index (χ2n) is 4.32. The fourth-order valence-electron chi connectivity index (χ4n) is 1.68. The Kier molecular flexibility index (Phi) is 4.03. The van der Waals surface area contributed by atoms with Gasteiger partial charge in [0, 0.05) is 12.6 Å². The van der Waals surface area contributed by atoms with Crippen molar-refractivity contribution in [1.29, 1.82) is 5.26 Å². The fraction of sp³-hybridized carbons (Fsp3) is 0.462. The smallest absolute Gasteiger partial charge is 0.133 e. The van der Waals surface area contributed by atoms with E-state index in [4.69, 9.17) is 10.00 Å². The molecular formula is C13H15BrN2O. The Labute approximate surface area is 110 Å². The van der Waals surface area contributed by atoms with Crippen LogP contribution >= 0.6 is 15.9 Å². The summed E-state index contributed by atoms with van der Waals surface area (Å²) in [5, 5.41) is 8.75. The highest BCUT2D eigenvalue weighted by Crippen LogP contribution is 2.27. The molecule has 0 radical (unpaired) electrons. The van der Waals surface area contributed by atoms with Crippen LogP contribution in [0.15, 0.2) is 22.7 Å². The average Bonchev–Trinajstić information content (AvgIpc) is 3.15. The molecule has 0 aliphatic heterocycles. The molecule has 0 unspecified atom stereocenters. The molecule has 1 aromatic rings. The number of nitrogens with zero attached hydrogens (tertiary/aromatic N) is 2. The van der Waals surface area contributed by atoms with Gasteiger partial charge in [0.1, 0.15) is 12.4 Å². The zero-order valence-corrected chi connectivity index (χ0v) is 11.4. The van der Waals surface area contributed by atoms with Crippen molar-refractivity contribution in [2.45, 2.75) is 18.9 Å². The van der Waals surface area contributed by atoms with Crippen LogP contribution in [0.25, 0.3) is 0 Å². The molecule has 17 heavy (non-hydrogen) atoms. The molecule has 0 aromatic heterocycles. The van der Waals surface area contributed by atoms with Gasteiger partial charge in [-0.2, -0.15) is 5.26 Å². The van der Waals surface area contributed by atoms with E-state index in [2.05, 4.69) is 33.9 Å². The molecule has 3 nitrogen and oxygen atoms in total. The van der Waals surface area contributed by atoms with Crippen molar-refractivity contribution in [2.75, 3.05) is 20.2 Å². The minimum Gasteiger partial charge on any atom is -0.491 e. The van der Waals surface area contributed by atoms with Gasteiger partial charge in [0.05, 0.1) is 16.1 Å². The maximum atomic E-state index is 8.75. The molecule has 0 atom stereocenters. The van der Waals surface area contributed by atoms with Gasteiger partial charge < -0.3 is 9.64 Å². The molecule has 0 N–H and O–H groups in total. The lowest BCUT2D eigenvalue weighted by Gasteiger charge is -2.16. The minimum atomic E-state index is 0.638. The van der Waals surface area contributed by atoms with Gasteiger partial charge in [-0.3, -0.25) is 0 Å². The van der Waals surface area contributed by atoms with Crippen molar-refractivity contribution in [3.05, 3.63) is 28.2 Å². The third-order valence-electron chi connectivity index (χ3n) is 2.93. The average molecular weight is 295 g/mol. The standard InChI is InChI=1S/C13H15BrN2O/c1-16(11-3-4-11)6-7-17-13-5-2-10(9-15)8-12(13)14/h2,5,8,11H,3-4,6-7H2,1H3. The summed E-state index contributed by atoms with van der Waals surface area (Å²) in [6.07, 6.45) is 2.63. The summed E-state index contributed by atoms with van der Waals surface area (Å²) in [4.78, 5) is 2.33. The highest BCUT2D eigenvalue weighted by Gasteiger charge is 2.25. The molecule has 4 heteroatoms. The molecule has 2 rings (SSSR count). The maximum Gasteiger partial charge on any atom is 0.133 e. The molecule has 90 valence electrons. The molecule has 0 saturated heterocycles. The number of likely N-dealkylation sites (N-methyl/N-ethyl adjacent to an activating group) is 1. The van der Waals surface area contributed by atoms with E-state index in [-0.39, 0.29) is 0 Å². The van der Waals surface area contributed by atoms with Crippen LogP contribution in [0.3, 0.4) is 0 Å². The van der Waals surface area contributed by atoms with Crippen LogP contribution in [-0.2, 0) is 0 Å². The van der Waals surface area contributed by atoms with Crippen LogP contribution in [0.5, 0.6) is 5.75 Å². The molecular weight excluding hydrogens is 280 g/mol. The van der Waals surface area contributed by atoms with Crippen molar-refractivity contribution in [3.8, 4) is 11.8 Å². The second-order valence-corrected chi connectivity index (χ2v) is 5.17. The van der Waals surface area contributed by atoms with Crippen LogP contribution < -0.4 is 4.74 Å². The zero-order valence-electron chi connectivity index (χ0n) is 9.82. The van der Waals surface area contributed by atoms with Crippen molar-refractivity contribution in [1.82, 2.24) is 4.90 Å². The van der Waals surface area contributed by atoms with Gasteiger partial charge >= 0.3 is 0 Å². The third kappa shape index (κ3) is 3.45. The Hall–Kier alpha value is -1.05. The van der Waals surface area contributed by atoms with E-state index in [0.29, 0.717) is 12.2 Å². The molecule has 1 aliphatic carbocycles. The molecule has 1 saturated carbocycles. The highest BCUT2D eigenvalue weighted by molar-refractivity contribution is 9.10. The van der Waals surface area contributed by atoms with E-state index in [1.54, 1.807) is 12.1 Å². The van der Waals surface area contributed by atoms with E-state index in [9.17, 15) is 0 Å². The van der Waals surface area contributed by atoms with E-state index >= 15 is 0 Å². The van der Waals surface area contributed by atoms with Crippen molar-refractivity contribution < 1.29 is 4.74 Å². The zero-order chi connectivity index (χ0) is 12.3. The summed E-state index contributed by atoms with van der Waals surface area (Å²) in [5.74, 6) is 0.799. The van der Waals surface area contributed by atoms with Crippen molar-refractivity contribution in [3.63, 3.8) is 0 Å². The van der Waals surface area contributed by atoms with Crippen LogP contribution in [0.1, 0.15) is 18.4 Å². The van der Waals surface area contributed by atoms with E-state index in [1.807, 2.05) is 6.07 Å². The Balaban J connectivity index is 1.84. The maximum absolute atomic E-state index is 8.75. The van der Waals surface area contributed by atoms with E-state index in [1.165, 1.54) is 12.8 Å². The molecule has 0 bridgehead atoms. The topological polar surface area (TPSA) is 36.3 Å². The van der Waals surface area contributed by atoms with Gasteiger partial charge in [0.25, 0.3) is 0 Å². The molecule has 1 fully saturated rings. The monoisotopic (exact) mass is 294 g/mol. The highest BCUT2D eigenvalue weighted by atomic mass is 79.9. The third-order valence-corrected chi connectivity index (χ3v) is 3.55. The first-order valence-corrected chi connectivity index (χ1v) is 6.52. The Bertz CT molecular complexity index is 438. The first-order chi connectivity index (χ1) is 8.20. The van der Waals surface area contributed by atoms with Gasteiger partial charge in [-0.25, -0.2) is 0 Å². The van der Waals surface area contributed by atoms with Crippen molar-refractivity contribution >= 4 is 15.9 Å². The number of nitriles is 1. The Morgan fingerprint density at radius 1 is 1.53 bits per heavy atom. The summed E-state index contributed by atoms with van der Waals surface area (Å²) < 4.78 is 6.53. The Morgan fingerprint density at radius 3 is 2.88 bits per heavy atom. The lowest BCUT2D eigenvalue weighted by atomic mass is 10.2. The SMILES string of the molecule is CN(CCOc1ccc(C#N)cc1Br)C1CC1. The lowest BCUT2D eigenvalue weighted by molar-refractivity contribution is 0.231. The molecule has 0 spiro atoms. The molecule has 1 aromatic carbocycles. The predicted molar refractivity (Wildman–Crippen MR) is 70.0 cm³/mol. The van der Waals surface area contributed by atoms with Crippen LogP contribution in [0.4, 0.5) is 0 Å². The largest absolute Gasteiger partial charge is 0.491 e. The summed E-state index contributed by atoms with van der Waals surface area (Å²) in [6.45, 7) is 1.62. The number of ether oxygens (including phenoxy) is 1. The van der Waals surface area contributed by atoms with Gasteiger partial charge in [-0.05, 0) is 54.0 Å². The van der Waals surface area contributed by atoms with Gasteiger partial charge in [0.15, 0.2) is 0 Å². The molecule has 1 aliphatic rings. The summed E-state index contributed by atoms with van der Waals surface area (Å²) in [6, 6.07) is 8.24. The van der Waals surface area contributed by atoms with Crippen LogP contribution in [-0.4, -0.2) is 31.1 Å². The summed E-state index contributed by atoms with van der Waals surface area (Å²) >= 11 is 3.41.